The van der Waals surface area contributed by atoms with Crippen LogP contribution in [0.15, 0.2) is 36.4 Å². The maximum Gasteiger partial charge on any atom is 0.338 e. The van der Waals surface area contributed by atoms with E-state index in [1.165, 1.54) is 31.2 Å². The molecule has 1 amide bonds. The van der Waals surface area contributed by atoms with Gasteiger partial charge in [-0.05, 0) is 43.3 Å². The lowest BCUT2D eigenvalue weighted by molar-refractivity contribution is -0.123. The molecule has 126 valence electrons. The van der Waals surface area contributed by atoms with Gasteiger partial charge in [-0.1, -0.05) is 11.6 Å². The SMILES string of the molecule is C[C@H](OC(=O)c1ccc(Cl)cc1)C(=O)Nc1ccc(F)c(F)c1F. The summed E-state index contributed by atoms with van der Waals surface area (Å²) in [6.07, 6.45) is -1.29. The second kappa shape index (κ2) is 7.35. The Balaban J connectivity index is 2.03. The van der Waals surface area contributed by atoms with E-state index in [0.29, 0.717) is 11.1 Å². The van der Waals surface area contributed by atoms with E-state index in [2.05, 4.69) is 0 Å². The molecule has 0 saturated heterocycles. The number of rotatable bonds is 4. The Hall–Kier alpha value is -2.54. The van der Waals surface area contributed by atoms with Crippen LogP contribution in [0.1, 0.15) is 17.3 Å². The van der Waals surface area contributed by atoms with Gasteiger partial charge >= 0.3 is 5.97 Å². The predicted octanol–water partition coefficient (Wildman–Crippen LogP) is 3.94. The summed E-state index contributed by atoms with van der Waals surface area (Å²) in [6, 6.07) is 7.28. The molecule has 0 bridgehead atoms. The number of anilines is 1. The monoisotopic (exact) mass is 357 g/mol. The number of esters is 1. The lowest BCUT2D eigenvalue weighted by Gasteiger charge is -2.14. The zero-order valence-corrected chi connectivity index (χ0v) is 13.0. The minimum absolute atomic E-state index is 0.165. The topological polar surface area (TPSA) is 55.4 Å². The average Bonchev–Trinajstić information content (AvgIpc) is 2.55. The first-order chi connectivity index (χ1) is 11.3. The third-order valence-electron chi connectivity index (χ3n) is 3.03. The molecule has 8 heteroatoms. The number of carbonyl (C=O) groups excluding carboxylic acids is 2. The summed E-state index contributed by atoms with van der Waals surface area (Å²) >= 11 is 5.69. The van der Waals surface area contributed by atoms with Crippen molar-refractivity contribution in [3.8, 4) is 0 Å². The second-order valence-corrected chi connectivity index (χ2v) is 5.20. The molecule has 0 fully saturated rings. The second-order valence-electron chi connectivity index (χ2n) is 4.77. The van der Waals surface area contributed by atoms with Gasteiger partial charge in [0, 0.05) is 5.02 Å². The van der Waals surface area contributed by atoms with Gasteiger partial charge < -0.3 is 10.1 Å². The molecule has 0 unspecified atom stereocenters. The quantitative estimate of drug-likeness (QED) is 0.666. The van der Waals surface area contributed by atoms with Gasteiger partial charge in [-0.15, -0.1) is 0 Å². The van der Waals surface area contributed by atoms with Crippen LogP contribution in [-0.4, -0.2) is 18.0 Å². The van der Waals surface area contributed by atoms with Crippen LogP contribution in [0.5, 0.6) is 0 Å². The first-order valence-corrected chi connectivity index (χ1v) is 7.08. The Morgan fingerprint density at radius 1 is 1.04 bits per heavy atom. The number of nitrogens with one attached hydrogen (secondary N) is 1. The van der Waals surface area contributed by atoms with E-state index in [1.807, 2.05) is 5.32 Å². The molecular weight excluding hydrogens is 347 g/mol. The fourth-order valence-corrected chi connectivity index (χ4v) is 1.85. The standard InChI is InChI=1S/C16H11ClF3NO3/c1-8(24-16(23)9-2-4-10(17)5-3-9)15(22)21-12-7-6-11(18)13(19)14(12)20/h2-8H,1H3,(H,21,22)/t8-/m0/s1. The van der Waals surface area contributed by atoms with Crippen LogP contribution >= 0.6 is 11.6 Å². The molecule has 0 radical (unpaired) electrons. The Morgan fingerprint density at radius 2 is 1.67 bits per heavy atom. The Kier molecular flexibility index (Phi) is 5.46. The van der Waals surface area contributed by atoms with Crippen molar-refractivity contribution in [1.29, 1.82) is 0 Å². The van der Waals surface area contributed by atoms with Gasteiger partial charge in [0.1, 0.15) is 0 Å². The van der Waals surface area contributed by atoms with Gasteiger partial charge in [-0.2, -0.15) is 0 Å². The van der Waals surface area contributed by atoms with E-state index in [1.54, 1.807) is 0 Å². The lowest BCUT2D eigenvalue weighted by Crippen LogP contribution is -2.30. The Labute approximate surface area is 140 Å². The third-order valence-corrected chi connectivity index (χ3v) is 3.28. The molecule has 0 aliphatic carbocycles. The molecule has 0 aliphatic heterocycles. The van der Waals surface area contributed by atoms with Crippen LogP contribution in [0, 0.1) is 17.5 Å². The molecule has 2 rings (SSSR count). The van der Waals surface area contributed by atoms with Crippen molar-refractivity contribution < 1.29 is 27.5 Å². The van der Waals surface area contributed by atoms with Crippen molar-refractivity contribution in [3.63, 3.8) is 0 Å². The predicted molar refractivity (Wildman–Crippen MR) is 81.3 cm³/mol. The lowest BCUT2D eigenvalue weighted by atomic mass is 10.2. The van der Waals surface area contributed by atoms with Crippen LogP contribution in [0.2, 0.25) is 5.02 Å². The summed E-state index contributed by atoms with van der Waals surface area (Å²) in [5, 5.41) is 2.45. The number of hydrogen-bond acceptors (Lipinski definition) is 3. The van der Waals surface area contributed by atoms with E-state index in [9.17, 15) is 22.8 Å². The van der Waals surface area contributed by atoms with Crippen molar-refractivity contribution in [1.82, 2.24) is 0 Å². The van der Waals surface area contributed by atoms with Crippen molar-refractivity contribution in [3.05, 3.63) is 64.4 Å². The zero-order valence-electron chi connectivity index (χ0n) is 12.3. The molecule has 4 nitrogen and oxygen atoms in total. The first kappa shape index (κ1) is 17.8. The van der Waals surface area contributed by atoms with Crippen molar-refractivity contribution in [2.45, 2.75) is 13.0 Å². The largest absolute Gasteiger partial charge is 0.449 e. The molecule has 1 atom stereocenters. The summed E-state index contributed by atoms with van der Waals surface area (Å²) in [6.45, 7) is 1.25. The van der Waals surface area contributed by atoms with Gasteiger partial charge in [-0.25, -0.2) is 18.0 Å². The minimum Gasteiger partial charge on any atom is -0.449 e. The highest BCUT2D eigenvalue weighted by Crippen LogP contribution is 2.20. The molecule has 0 saturated carbocycles. The van der Waals surface area contributed by atoms with Gasteiger partial charge in [0.25, 0.3) is 5.91 Å². The number of benzene rings is 2. The fraction of sp³-hybridized carbons (Fsp3) is 0.125. The normalized spacial score (nSPS) is 11.7. The minimum atomic E-state index is -1.71. The van der Waals surface area contributed by atoms with Crippen LogP contribution in [0.25, 0.3) is 0 Å². The molecule has 0 spiro atoms. The smallest absolute Gasteiger partial charge is 0.338 e. The Bertz CT molecular complexity index is 781. The third kappa shape index (κ3) is 4.05. The van der Waals surface area contributed by atoms with Gasteiger partial charge in [0.15, 0.2) is 23.6 Å². The van der Waals surface area contributed by atoms with E-state index in [-0.39, 0.29) is 5.56 Å². The van der Waals surface area contributed by atoms with Crippen molar-refractivity contribution in [2.75, 3.05) is 5.32 Å². The summed E-state index contributed by atoms with van der Waals surface area (Å²) in [5.74, 6) is -6.33. The van der Waals surface area contributed by atoms with Crippen molar-refractivity contribution in [2.24, 2.45) is 0 Å². The number of hydrogen-bond donors (Lipinski definition) is 1. The van der Waals surface area contributed by atoms with Gasteiger partial charge in [-0.3, -0.25) is 4.79 Å². The number of halogens is 4. The molecule has 2 aromatic carbocycles. The van der Waals surface area contributed by atoms with E-state index in [4.69, 9.17) is 16.3 Å². The number of carbonyl (C=O) groups is 2. The average molecular weight is 358 g/mol. The van der Waals surface area contributed by atoms with E-state index in [0.717, 1.165) is 6.07 Å². The molecule has 2 aromatic rings. The van der Waals surface area contributed by atoms with E-state index < -0.39 is 41.1 Å². The Morgan fingerprint density at radius 3 is 2.29 bits per heavy atom. The number of amides is 1. The highest BCUT2D eigenvalue weighted by Gasteiger charge is 2.21. The zero-order chi connectivity index (χ0) is 17.9. The fourth-order valence-electron chi connectivity index (χ4n) is 1.72. The molecule has 0 aromatic heterocycles. The van der Waals surface area contributed by atoms with Crippen LogP contribution in [0.4, 0.5) is 18.9 Å². The van der Waals surface area contributed by atoms with Gasteiger partial charge in [0.2, 0.25) is 0 Å². The van der Waals surface area contributed by atoms with Crippen LogP contribution in [0.3, 0.4) is 0 Å². The van der Waals surface area contributed by atoms with Gasteiger partial charge in [0.05, 0.1) is 11.3 Å². The molecule has 0 heterocycles. The first-order valence-electron chi connectivity index (χ1n) is 6.70. The highest BCUT2D eigenvalue weighted by atomic mass is 35.5. The van der Waals surface area contributed by atoms with Crippen LogP contribution in [-0.2, 0) is 9.53 Å². The van der Waals surface area contributed by atoms with E-state index >= 15 is 0 Å². The van der Waals surface area contributed by atoms with Crippen molar-refractivity contribution >= 4 is 29.2 Å². The highest BCUT2D eigenvalue weighted by molar-refractivity contribution is 6.30. The van der Waals surface area contributed by atoms with Crippen LogP contribution < -0.4 is 5.32 Å². The molecule has 0 aliphatic rings. The molecule has 1 N–H and O–H groups in total. The molecular formula is C16H11ClF3NO3. The maximum absolute atomic E-state index is 13.5. The summed E-state index contributed by atoms with van der Waals surface area (Å²) in [5.41, 5.74) is -0.397. The summed E-state index contributed by atoms with van der Waals surface area (Å²) in [7, 11) is 0. The molecule has 24 heavy (non-hydrogen) atoms. The number of ether oxygens (including phenoxy) is 1. The summed E-state index contributed by atoms with van der Waals surface area (Å²) in [4.78, 5) is 23.7. The maximum atomic E-state index is 13.5. The summed E-state index contributed by atoms with van der Waals surface area (Å²) < 4.78 is 44.4.